The van der Waals surface area contributed by atoms with Crippen LogP contribution >= 0.6 is 0 Å². The first-order valence-corrected chi connectivity index (χ1v) is 12.4. The summed E-state index contributed by atoms with van der Waals surface area (Å²) in [5, 5.41) is 3.05. The van der Waals surface area contributed by atoms with Crippen LogP contribution in [0.4, 0.5) is 10.5 Å². The molecule has 3 heteroatoms. The molecule has 170 valence electrons. The molecule has 0 heterocycles. The molecule has 0 atom stereocenters. The molecular formula is C28H42N2O. The molecule has 0 bridgehead atoms. The Morgan fingerprint density at radius 3 is 1.77 bits per heavy atom. The van der Waals surface area contributed by atoms with Crippen molar-refractivity contribution >= 4 is 11.7 Å². The lowest BCUT2D eigenvalue weighted by Crippen LogP contribution is -2.37. The normalized spacial score (nSPS) is 10.7. The van der Waals surface area contributed by atoms with E-state index < -0.39 is 0 Å². The number of unbranched alkanes of at least 4 members (excludes halogenated alkanes) is 10. The summed E-state index contributed by atoms with van der Waals surface area (Å²) < 4.78 is 0. The summed E-state index contributed by atoms with van der Waals surface area (Å²) in [6.45, 7) is 3.84. The number of anilines is 1. The first-order chi connectivity index (χ1) is 15.3. The SMILES string of the molecule is CCCCCCCCCCCCCN(CCc1ccccc1)C(=O)Nc1ccccc1. The fourth-order valence-corrected chi connectivity index (χ4v) is 3.91. The highest BCUT2D eigenvalue weighted by Gasteiger charge is 2.13. The van der Waals surface area contributed by atoms with E-state index in [4.69, 9.17) is 0 Å². The van der Waals surface area contributed by atoms with Gasteiger partial charge in [-0.05, 0) is 30.5 Å². The van der Waals surface area contributed by atoms with Gasteiger partial charge in [-0.1, -0.05) is 120 Å². The molecule has 0 aliphatic carbocycles. The van der Waals surface area contributed by atoms with E-state index in [1.54, 1.807) is 0 Å². The van der Waals surface area contributed by atoms with Gasteiger partial charge in [0.25, 0.3) is 0 Å². The van der Waals surface area contributed by atoms with Crippen molar-refractivity contribution < 1.29 is 4.79 Å². The minimum Gasteiger partial charge on any atom is -0.324 e. The number of nitrogens with zero attached hydrogens (tertiary/aromatic N) is 1. The van der Waals surface area contributed by atoms with E-state index in [2.05, 4.69) is 36.5 Å². The Hall–Kier alpha value is -2.29. The minimum atomic E-state index is 0.00853. The lowest BCUT2D eigenvalue weighted by atomic mass is 10.1. The zero-order chi connectivity index (χ0) is 22.0. The molecular weight excluding hydrogens is 380 g/mol. The molecule has 3 nitrogen and oxygen atoms in total. The lowest BCUT2D eigenvalue weighted by molar-refractivity contribution is 0.211. The maximum atomic E-state index is 12.9. The van der Waals surface area contributed by atoms with Crippen molar-refractivity contribution in [2.75, 3.05) is 18.4 Å². The van der Waals surface area contributed by atoms with Gasteiger partial charge in [0.2, 0.25) is 0 Å². The maximum Gasteiger partial charge on any atom is 0.321 e. The number of hydrogen-bond acceptors (Lipinski definition) is 1. The molecule has 2 aromatic rings. The molecule has 2 amide bonds. The molecule has 0 aliphatic heterocycles. The van der Waals surface area contributed by atoms with Gasteiger partial charge in [-0.15, -0.1) is 0 Å². The first kappa shape index (κ1) is 25.0. The zero-order valence-electron chi connectivity index (χ0n) is 19.5. The average molecular weight is 423 g/mol. The van der Waals surface area contributed by atoms with Crippen LogP contribution in [0.25, 0.3) is 0 Å². The molecule has 0 unspecified atom stereocenters. The fraction of sp³-hybridized carbons (Fsp3) is 0.536. The Balaban J connectivity index is 1.68. The van der Waals surface area contributed by atoms with Gasteiger partial charge in [-0.2, -0.15) is 0 Å². The first-order valence-electron chi connectivity index (χ1n) is 12.4. The summed E-state index contributed by atoms with van der Waals surface area (Å²) >= 11 is 0. The van der Waals surface area contributed by atoms with Gasteiger partial charge in [0.1, 0.15) is 0 Å². The van der Waals surface area contributed by atoms with E-state index >= 15 is 0 Å². The zero-order valence-corrected chi connectivity index (χ0v) is 19.5. The van der Waals surface area contributed by atoms with Crippen LogP contribution in [0, 0.1) is 0 Å². The lowest BCUT2D eigenvalue weighted by Gasteiger charge is -2.23. The van der Waals surface area contributed by atoms with E-state index in [9.17, 15) is 4.79 Å². The van der Waals surface area contributed by atoms with Gasteiger partial charge in [0, 0.05) is 18.8 Å². The van der Waals surface area contributed by atoms with Crippen molar-refractivity contribution in [1.29, 1.82) is 0 Å². The van der Waals surface area contributed by atoms with E-state index in [-0.39, 0.29) is 6.03 Å². The third-order valence-corrected chi connectivity index (χ3v) is 5.86. The topological polar surface area (TPSA) is 32.3 Å². The van der Waals surface area contributed by atoms with Gasteiger partial charge < -0.3 is 10.2 Å². The summed E-state index contributed by atoms with van der Waals surface area (Å²) in [7, 11) is 0. The summed E-state index contributed by atoms with van der Waals surface area (Å²) in [4.78, 5) is 14.8. The Labute approximate surface area is 190 Å². The highest BCUT2D eigenvalue weighted by molar-refractivity contribution is 5.89. The number of rotatable bonds is 16. The molecule has 0 radical (unpaired) electrons. The van der Waals surface area contributed by atoms with Gasteiger partial charge in [-0.25, -0.2) is 4.79 Å². The summed E-state index contributed by atoms with van der Waals surface area (Å²) in [5.74, 6) is 0. The van der Waals surface area contributed by atoms with Crippen molar-refractivity contribution in [3.63, 3.8) is 0 Å². The minimum absolute atomic E-state index is 0.00853. The van der Waals surface area contributed by atoms with Crippen LogP contribution in [-0.4, -0.2) is 24.0 Å². The third kappa shape index (κ3) is 11.6. The molecule has 0 saturated carbocycles. The standard InChI is InChI=1S/C28H42N2O/c1-2-3-4-5-6-7-8-9-10-11-18-24-30(25-23-26-19-14-12-15-20-26)28(31)29-27-21-16-13-17-22-27/h12-17,19-22H,2-11,18,23-25H2,1H3,(H,29,31). The van der Waals surface area contributed by atoms with E-state index in [1.165, 1.54) is 69.8 Å². The van der Waals surface area contributed by atoms with Crippen molar-refractivity contribution in [3.8, 4) is 0 Å². The van der Waals surface area contributed by atoms with Crippen LogP contribution in [0.3, 0.4) is 0 Å². The molecule has 1 N–H and O–H groups in total. The number of para-hydroxylation sites is 1. The van der Waals surface area contributed by atoms with Crippen molar-refractivity contribution in [3.05, 3.63) is 66.2 Å². The quantitative estimate of drug-likeness (QED) is 0.272. The van der Waals surface area contributed by atoms with Gasteiger partial charge in [0.15, 0.2) is 0 Å². The fourth-order valence-electron chi connectivity index (χ4n) is 3.91. The number of benzene rings is 2. The monoisotopic (exact) mass is 422 g/mol. The second-order valence-electron chi connectivity index (χ2n) is 8.55. The van der Waals surface area contributed by atoms with Gasteiger partial charge in [-0.3, -0.25) is 0 Å². The van der Waals surface area contributed by atoms with Crippen LogP contribution in [-0.2, 0) is 6.42 Å². The van der Waals surface area contributed by atoms with Crippen molar-refractivity contribution in [2.45, 2.75) is 84.0 Å². The predicted octanol–water partition coefficient (Wildman–Crippen LogP) is 8.07. The second kappa shape index (κ2) is 16.4. The molecule has 31 heavy (non-hydrogen) atoms. The number of amides is 2. The van der Waals surface area contributed by atoms with Crippen LogP contribution in [0.2, 0.25) is 0 Å². The largest absolute Gasteiger partial charge is 0.324 e. The van der Waals surface area contributed by atoms with Crippen molar-refractivity contribution in [1.82, 2.24) is 4.90 Å². The Kier molecular flexibility index (Phi) is 13.2. The summed E-state index contributed by atoms with van der Waals surface area (Å²) in [5.41, 5.74) is 2.13. The van der Waals surface area contributed by atoms with Crippen LogP contribution in [0.5, 0.6) is 0 Å². The average Bonchev–Trinajstić information content (AvgIpc) is 2.80. The molecule has 0 fully saturated rings. The Bertz CT molecular complexity index is 687. The molecule has 0 saturated heterocycles. The van der Waals surface area contributed by atoms with Crippen LogP contribution < -0.4 is 5.32 Å². The second-order valence-corrected chi connectivity index (χ2v) is 8.55. The number of carbonyl (C=O) groups is 1. The maximum absolute atomic E-state index is 12.9. The summed E-state index contributed by atoms with van der Waals surface area (Å²) in [6.07, 6.45) is 15.4. The highest BCUT2D eigenvalue weighted by Crippen LogP contribution is 2.13. The van der Waals surface area contributed by atoms with E-state index in [0.717, 1.165) is 31.6 Å². The number of hydrogen-bond donors (Lipinski definition) is 1. The van der Waals surface area contributed by atoms with Crippen molar-refractivity contribution in [2.24, 2.45) is 0 Å². The van der Waals surface area contributed by atoms with Gasteiger partial charge >= 0.3 is 6.03 Å². The van der Waals surface area contributed by atoms with Gasteiger partial charge in [0.05, 0.1) is 0 Å². The van der Waals surface area contributed by atoms with E-state index in [0.29, 0.717) is 0 Å². The van der Waals surface area contributed by atoms with E-state index in [1.807, 2.05) is 41.3 Å². The van der Waals surface area contributed by atoms with Crippen LogP contribution in [0.1, 0.15) is 83.1 Å². The molecule has 2 rings (SSSR count). The third-order valence-electron chi connectivity index (χ3n) is 5.86. The van der Waals surface area contributed by atoms with Crippen LogP contribution in [0.15, 0.2) is 60.7 Å². The highest BCUT2D eigenvalue weighted by atomic mass is 16.2. The molecule has 0 spiro atoms. The molecule has 0 aliphatic rings. The smallest absolute Gasteiger partial charge is 0.321 e. The Morgan fingerprint density at radius 2 is 1.19 bits per heavy atom. The molecule has 2 aromatic carbocycles. The summed E-state index contributed by atoms with van der Waals surface area (Å²) in [6, 6.07) is 20.2. The molecule has 0 aromatic heterocycles. The number of nitrogens with one attached hydrogen (secondary N) is 1. The predicted molar refractivity (Wildman–Crippen MR) is 134 cm³/mol. The Morgan fingerprint density at radius 1 is 0.677 bits per heavy atom. The number of carbonyl (C=O) groups excluding carboxylic acids is 1. The number of urea groups is 1.